The van der Waals surface area contributed by atoms with Crippen LogP contribution in [0.3, 0.4) is 0 Å². The van der Waals surface area contributed by atoms with E-state index in [-0.39, 0.29) is 59.9 Å². The van der Waals surface area contributed by atoms with Crippen molar-refractivity contribution < 1.29 is 38.6 Å². The van der Waals surface area contributed by atoms with Crippen molar-refractivity contribution in [3.63, 3.8) is 0 Å². The van der Waals surface area contributed by atoms with Crippen LogP contribution in [0.1, 0.15) is 69.1 Å². The van der Waals surface area contributed by atoms with Gasteiger partial charge in [0, 0.05) is 23.5 Å². The lowest BCUT2D eigenvalue weighted by Gasteiger charge is -2.16. The molecule has 1 aromatic heterocycles. The minimum atomic E-state index is -0.957. The van der Waals surface area contributed by atoms with E-state index in [9.17, 15) is 29.1 Å². The van der Waals surface area contributed by atoms with Gasteiger partial charge < -0.3 is 30.2 Å². The van der Waals surface area contributed by atoms with Crippen molar-refractivity contribution in [3.8, 4) is 11.1 Å². The molecule has 4 rings (SSSR count). The zero-order chi connectivity index (χ0) is 37.9. The predicted molar refractivity (Wildman–Crippen MR) is 203 cm³/mol. The summed E-state index contributed by atoms with van der Waals surface area (Å²) in [7, 11) is 0. The van der Waals surface area contributed by atoms with Crippen molar-refractivity contribution in [3.05, 3.63) is 88.8 Å². The van der Waals surface area contributed by atoms with E-state index in [0.717, 1.165) is 0 Å². The van der Waals surface area contributed by atoms with Crippen molar-refractivity contribution in [2.24, 2.45) is 16.8 Å². The zero-order valence-corrected chi connectivity index (χ0v) is 30.9. The lowest BCUT2D eigenvalue weighted by Crippen LogP contribution is -2.37. The van der Waals surface area contributed by atoms with Crippen molar-refractivity contribution in [2.45, 2.75) is 52.7 Å². The molecule has 3 aromatic rings. The summed E-state index contributed by atoms with van der Waals surface area (Å²) in [6.45, 7) is 8.70. The van der Waals surface area contributed by atoms with E-state index < -0.39 is 35.0 Å². The van der Waals surface area contributed by atoms with Gasteiger partial charge in [-0.25, -0.2) is 14.6 Å². The number of carbonyl (C=O) groups is 5. The van der Waals surface area contributed by atoms with Gasteiger partial charge >= 0.3 is 17.9 Å². The smallest absolute Gasteiger partial charge is 0.342 e. The Labute approximate surface area is 307 Å². The number of allylic oxidation sites excluding steroid dienone is 1. The fraction of sp³-hybridized carbons (Fsp3) is 0.333. The molecule has 0 aliphatic carbocycles. The molecule has 1 aliphatic rings. The van der Waals surface area contributed by atoms with Gasteiger partial charge in [-0.2, -0.15) is 11.8 Å². The highest BCUT2D eigenvalue weighted by atomic mass is 32.2. The predicted octanol–water partition coefficient (Wildman–Crippen LogP) is 6.57. The number of H-pyrrole nitrogens is 1. The molecule has 12 nitrogen and oxygen atoms in total. The van der Waals surface area contributed by atoms with E-state index in [1.807, 2.05) is 36.4 Å². The van der Waals surface area contributed by atoms with Gasteiger partial charge in [-0.3, -0.25) is 14.4 Å². The third-order valence-corrected chi connectivity index (χ3v) is 9.23. The maximum absolute atomic E-state index is 13.7. The number of nitrogens with one attached hydrogen (secondary N) is 3. The Morgan fingerprint density at radius 2 is 1.46 bits per heavy atom. The number of hydrogen-bond donors (Lipinski definition) is 4. The van der Waals surface area contributed by atoms with Crippen molar-refractivity contribution in [1.29, 1.82) is 0 Å². The van der Waals surface area contributed by atoms with Crippen LogP contribution < -0.4 is 10.6 Å². The Bertz CT molecular complexity index is 1900. The Balaban J connectivity index is 1.98. The number of amidine groups is 1. The number of esters is 2. The molecule has 2 amide bonds. The summed E-state index contributed by atoms with van der Waals surface area (Å²) in [6, 6.07) is 18.1. The van der Waals surface area contributed by atoms with Crippen LogP contribution in [0.4, 0.5) is 5.82 Å². The van der Waals surface area contributed by atoms with Crippen LogP contribution in [0.5, 0.6) is 0 Å². The Kier molecular flexibility index (Phi) is 13.8. The summed E-state index contributed by atoms with van der Waals surface area (Å²) in [4.78, 5) is 73.2. The molecule has 52 heavy (non-hydrogen) atoms. The molecule has 2 aromatic carbocycles. The summed E-state index contributed by atoms with van der Waals surface area (Å²) < 4.78 is 10.9. The van der Waals surface area contributed by atoms with Crippen LogP contribution in [-0.2, 0) is 28.7 Å². The molecule has 0 radical (unpaired) electrons. The van der Waals surface area contributed by atoms with Gasteiger partial charge in [0.05, 0.1) is 29.9 Å². The largest absolute Gasteiger partial charge is 0.481 e. The summed E-state index contributed by atoms with van der Waals surface area (Å²) >= 11 is 1.35. The van der Waals surface area contributed by atoms with Gasteiger partial charge in [0.15, 0.2) is 0 Å². The number of aromatic nitrogens is 1. The average molecular weight is 729 g/mol. The summed E-state index contributed by atoms with van der Waals surface area (Å²) in [5, 5.41) is 14.4. The van der Waals surface area contributed by atoms with Crippen molar-refractivity contribution in [1.82, 2.24) is 10.3 Å². The maximum atomic E-state index is 13.7. The molecule has 0 saturated heterocycles. The van der Waals surface area contributed by atoms with Crippen LogP contribution >= 0.6 is 11.8 Å². The first-order valence-corrected chi connectivity index (χ1v) is 18.3. The standard InChI is InChI=1S/C39H44N4O8S/c1-7-50-38(48)32-30(25-15-11-9-12-16-25)27(40-34(32)42-36(46)23(4)19-22(3)20-29(44)45)21-28-31(26-17-13-10-14-18-26)33(39(49)51-8-2)35(41-28)43-37(47)24(5)52-6/h9-18,21-24,41H,7-8,19-20H2,1-6H3,(H,43,47)(H,44,45)(H,40,42,46). The van der Waals surface area contributed by atoms with Gasteiger partial charge in [-0.15, -0.1) is 0 Å². The summed E-state index contributed by atoms with van der Waals surface area (Å²) in [5.41, 5.74) is 2.82. The number of rotatable bonds is 15. The zero-order valence-electron chi connectivity index (χ0n) is 30.1. The molecule has 3 atom stereocenters. The molecule has 0 spiro atoms. The molecule has 274 valence electrons. The fourth-order valence-electron chi connectivity index (χ4n) is 5.81. The maximum Gasteiger partial charge on any atom is 0.342 e. The molecule has 1 aliphatic heterocycles. The number of amides is 2. The lowest BCUT2D eigenvalue weighted by molar-refractivity contribution is -0.139. The van der Waals surface area contributed by atoms with Crippen molar-refractivity contribution >= 4 is 64.8 Å². The number of nitrogens with zero attached hydrogens (tertiary/aromatic N) is 1. The molecular weight excluding hydrogens is 685 g/mol. The van der Waals surface area contributed by atoms with Crippen LogP contribution in [0, 0.1) is 11.8 Å². The van der Waals surface area contributed by atoms with E-state index in [4.69, 9.17) is 14.5 Å². The quantitative estimate of drug-likeness (QED) is 0.126. The number of aliphatic imine (C=N–C) groups is 1. The number of hydrogen-bond acceptors (Lipinski definition) is 9. The highest BCUT2D eigenvalue weighted by Crippen LogP contribution is 2.40. The number of anilines is 1. The molecule has 0 fully saturated rings. The summed E-state index contributed by atoms with van der Waals surface area (Å²) in [6.07, 6.45) is 3.66. The van der Waals surface area contributed by atoms with E-state index in [1.165, 1.54) is 11.8 Å². The third-order valence-electron chi connectivity index (χ3n) is 8.31. The molecule has 0 saturated carbocycles. The number of aromatic amines is 1. The normalized spacial score (nSPS) is 15.0. The number of thioether (sulfide) groups is 1. The number of carboxylic acids is 1. The second kappa shape index (κ2) is 18.2. The number of carboxylic acid groups (broad SMARTS) is 1. The van der Waals surface area contributed by atoms with Crippen LogP contribution in [0.2, 0.25) is 0 Å². The van der Waals surface area contributed by atoms with E-state index in [1.54, 1.807) is 71.2 Å². The first-order valence-electron chi connectivity index (χ1n) is 17.0. The average Bonchev–Trinajstić information content (AvgIpc) is 3.65. The van der Waals surface area contributed by atoms with Gasteiger partial charge in [-0.05, 0) is 56.6 Å². The molecule has 0 bridgehead atoms. The molecule has 4 N–H and O–H groups in total. The highest BCUT2D eigenvalue weighted by molar-refractivity contribution is 7.99. The Hall–Kier alpha value is -5.43. The Morgan fingerprint density at radius 1 is 0.865 bits per heavy atom. The van der Waals surface area contributed by atoms with E-state index in [2.05, 4.69) is 15.6 Å². The minimum absolute atomic E-state index is 0.0270. The monoisotopic (exact) mass is 728 g/mol. The second-order valence-electron chi connectivity index (χ2n) is 12.3. The van der Waals surface area contributed by atoms with E-state index >= 15 is 0 Å². The summed E-state index contributed by atoms with van der Waals surface area (Å²) in [5.74, 6) is -3.89. The number of ether oxygens (including phenoxy) is 2. The first kappa shape index (κ1) is 39.4. The Morgan fingerprint density at radius 3 is 2.04 bits per heavy atom. The van der Waals surface area contributed by atoms with Crippen LogP contribution in [0.25, 0.3) is 22.8 Å². The molecule has 2 heterocycles. The number of benzene rings is 2. The fourth-order valence-corrected chi connectivity index (χ4v) is 6.08. The van der Waals surface area contributed by atoms with Crippen LogP contribution in [-0.4, -0.2) is 70.4 Å². The van der Waals surface area contributed by atoms with Crippen LogP contribution in [0.15, 0.2) is 76.9 Å². The van der Waals surface area contributed by atoms with E-state index in [0.29, 0.717) is 34.4 Å². The van der Waals surface area contributed by atoms with Gasteiger partial charge in [0.2, 0.25) is 11.8 Å². The minimum Gasteiger partial charge on any atom is -0.481 e. The topological polar surface area (TPSA) is 176 Å². The third kappa shape index (κ3) is 9.46. The highest BCUT2D eigenvalue weighted by Gasteiger charge is 2.34. The second-order valence-corrected chi connectivity index (χ2v) is 13.5. The van der Waals surface area contributed by atoms with Gasteiger partial charge in [-0.1, -0.05) is 74.5 Å². The van der Waals surface area contributed by atoms with Crippen molar-refractivity contribution in [2.75, 3.05) is 24.8 Å². The molecule has 3 unspecified atom stereocenters. The molecular formula is C39H44N4O8S. The SMILES string of the molecule is CCOC(=O)C1=C(c2ccccc2)C(=Cc2[nH]c(NC(=O)C(C)SC)c(C(=O)OCC)c2-c2ccccc2)N=C1NC(=O)C(C)CC(C)CC(=O)O. The number of carbonyl (C=O) groups excluding carboxylic acids is 4. The van der Waals surface area contributed by atoms with Gasteiger partial charge in [0.25, 0.3) is 0 Å². The van der Waals surface area contributed by atoms with Gasteiger partial charge in [0.1, 0.15) is 22.8 Å². The first-order chi connectivity index (χ1) is 24.9. The molecule has 13 heteroatoms. The lowest BCUT2D eigenvalue weighted by atomic mass is 9.94. The number of aliphatic carboxylic acids is 1.